The van der Waals surface area contributed by atoms with Crippen LogP contribution in [0.2, 0.25) is 0 Å². The molecule has 1 aromatic rings. The van der Waals surface area contributed by atoms with Gasteiger partial charge in [-0.3, -0.25) is 15.0 Å². The molecule has 0 radical (unpaired) electrons. The van der Waals surface area contributed by atoms with Crippen LogP contribution in [-0.2, 0) is 9.59 Å². The molecule has 28 heavy (non-hydrogen) atoms. The minimum absolute atomic E-state index is 0.0970. The molecule has 0 unspecified atom stereocenters. The number of hydrogen-bond donors (Lipinski definition) is 3. The number of amides is 4. The van der Waals surface area contributed by atoms with Crippen molar-refractivity contribution in [2.75, 3.05) is 6.54 Å². The monoisotopic (exact) mass is 387 g/mol. The normalized spacial score (nSPS) is 19.8. The molecule has 1 saturated heterocycles. The number of nitrogens with one attached hydrogen (secondary N) is 2. The fourth-order valence-corrected chi connectivity index (χ4v) is 3.99. The summed E-state index contributed by atoms with van der Waals surface area (Å²) in [5.74, 6) is -0.208. The number of benzene rings is 1. The molecule has 1 heterocycles. The van der Waals surface area contributed by atoms with E-state index in [-0.39, 0.29) is 24.4 Å². The van der Waals surface area contributed by atoms with Crippen LogP contribution in [0.4, 0.5) is 4.79 Å². The van der Waals surface area contributed by atoms with Gasteiger partial charge in [0.25, 0.3) is 11.8 Å². The summed E-state index contributed by atoms with van der Waals surface area (Å²) >= 11 is 0. The summed E-state index contributed by atoms with van der Waals surface area (Å²) in [6.45, 7) is 6.48. The number of nitrogens with two attached hydrogens (primary N) is 1. The first kappa shape index (κ1) is 20.3. The first-order chi connectivity index (χ1) is 13.3. The number of quaternary nitrogens is 1. The highest BCUT2D eigenvalue weighted by molar-refractivity contribution is 6.08. The summed E-state index contributed by atoms with van der Waals surface area (Å²) in [4.78, 5) is 37.2. The van der Waals surface area contributed by atoms with Crippen LogP contribution in [0, 0.1) is 0 Å². The first-order valence-corrected chi connectivity index (χ1v) is 10.2. The van der Waals surface area contributed by atoms with Crippen LogP contribution in [0.1, 0.15) is 76.0 Å². The predicted molar refractivity (Wildman–Crippen MR) is 105 cm³/mol. The van der Waals surface area contributed by atoms with Crippen LogP contribution in [0.3, 0.4) is 0 Å². The van der Waals surface area contributed by atoms with Crippen molar-refractivity contribution >= 4 is 17.8 Å². The maximum absolute atomic E-state index is 12.7. The van der Waals surface area contributed by atoms with E-state index in [1.165, 1.54) is 5.56 Å². The third-order valence-electron chi connectivity index (χ3n) is 5.89. The Balaban J connectivity index is 1.52. The van der Waals surface area contributed by atoms with Crippen molar-refractivity contribution in [3.05, 3.63) is 35.4 Å². The van der Waals surface area contributed by atoms with E-state index in [9.17, 15) is 14.4 Å². The molecule has 2 fully saturated rings. The van der Waals surface area contributed by atoms with E-state index in [1.807, 2.05) is 12.2 Å². The summed E-state index contributed by atoms with van der Waals surface area (Å²) in [5.41, 5.74) is 4.07. The van der Waals surface area contributed by atoms with Crippen molar-refractivity contribution in [3.63, 3.8) is 0 Å². The van der Waals surface area contributed by atoms with Crippen molar-refractivity contribution in [1.82, 2.24) is 15.8 Å². The molecular formula is C21H31N4O3+. The van der Waals surface area contributed by atoms with Crippen molar-refractivity contribution in [2.45, 2.75) is 70.4 Å². The average molecular weight is 388 g/mol. The highest BCUT2D eigenvalue weighted by Gasteiger charge is 2.52. The lowest BCUT2D eigenvalue weighted by atomic mass is 9.82. The highest BCUT2D eigenvalue weighted by atomic mass is 16.2. The second-order valence-corrected chi connectivity index (χ2v) is 8.30. The Kier molecular flexibility index (Phi) is 6.03. The van der Waals surface area contributed by atoms with Crippen LogP contribution in [-0.4, -0.2) is 34.9 Å². The first-order valence-electron chi connectivity index (χ1n) is 10.2. The molecule has 0 bridgehead atoms. The maximum atomic E-state index is 12.7. The average Bonchev–Trinajstić information content (AvgIpc) is 2.90. The number of hydrogen-bond acceptors (Lipinski definition) is 3. The van der Waals surface area contributed by atoms with E-state index < -0.39 is 11.6 Å². The number of urea groups is 1. The molecule has 1 atom stereocenters. The molecule has 1 spiro atoms. The third-order valence-corrected chi connectivity index (χ3v) is 5.89. The molecular weight excluding hydrogens is 356 g/mol. The Hall–Kier alpha value is -2.41. The Morgan fingerprint density at radius 1 is 1.11 bits per heavy atom. The minimum atomic E-state index is -0.822. The van der Waals surface area contributed by atoms with Gasteiger partial charge in [0.05, 0.1) is 0 Å². The molecule has 4 N–H and O–H groups in total. The van der Waals surface area contributed by atoms with Gasteiger partial charge in [-0.25, -0.2) is 4.79 Å². The lowest BCUT2D eigenvalue weighted by molar-refractivity contribution is -0.682. The lowest BCUT2D eigenvalue weighted by Gasteiger charge is -2.30. The number of nitrogens with zero attached hydrogens (tertiary/aromatic N) is 1. The van der Waals surface area contributed by atoms with Crippen LogP contribution in [0.5, 0.6) is 0 Å². The van der Waals surface area contributed by atoms with Crippen LogP contribution in [0.15, 0.2) is 24.3 Å². The fourth-order valence-electron chi connectivity index (χ4n) is 3.99. The van der Waals surface area contributed by atoms with Gasteiger partial charge >= 0.3 is 6.03 Å². The number of hydrazine groups is 1. The smallest absolute Gasteiger partial charge is 0.332 e. The van der Waals surface area contributed by atoms with E-state index in [1.54, 1.807) is 0 Å². The summed E-state index contributed by atoms with van der Waals surface area (Å²) in [7, 11) is 0. The summed E-state index contributed by atoms with van der Waals surface area (Å²) < 4.78 is 0. The number of carbonyl (C=O) groups is 3. The van der Waals surface area contributed by atoms with Crippen molar-refractivity contribution in [1.29, 1.82) is 0 Å². The van der Waals surface area contributed by atoms with Gasteiger partial charge in [-0.1, -0.05) is 57.4 Å². The van der Waals surface area contributed by atoms with E-state index in [0.29, 0.717) is 18.8 Å². The molecule has 1 aliphatic carbocycles. The van der Waals surface area contributed by atoms with Crippen LogP contribution < -0.4 is 16.1 Å². The van der Waals surface area contributed by atoms with Gasteiger partial charge in [0, 0.05) is 5.56 Å². The van der Waals surface area contributed by atoms with Gasteiger partial charge in [-0.05, 0) is 31.2 Å². The molecule has 7 heteroatoms. The number of imide groups is 1. The zero-order valence-corrected chi connectivity index (χ0v) is 17.0. The van der Waals surface area contributed by atoms with Crippen molar-refractivity contribution < 1.29 is 19.7 Å². The second-order valence-electron chi connectivity index (χ2n) is 8.30. The molecule has 152 valence electrons. The minimum Gasteiger partial charge on any atom is -0.332 e. The highest BCUT2D eigenvalue weighted by Crippen LogP contribution is 2.32. The quantitative estimate of drug-likeness (QED) is 0.649. The summed E-state index contributed by atoms with van der Waals surface area (Å²) in [5, 5.41) is 5.55. The molecule has 0 aromatic heterocycles. The Morgan fingerprint density at radius 3 is 2.32 bits per heavy atom. The SMILES string of the molecule is CC(C)c1ccc([C@@H](C)[NH2+]CC(=O)NN2C(=O)NC3(CCCCC3)C2=O)cc1. The van der Waals surface area contributed by atoms with Gasteiger partial charge in [0.1, 0.15) is 11.6 Å². The van der Waals surface area contributed by atoms with Gasteiger partial charge in [-0.15, -0.1) is 0 Å². The summed E-state index contributed by atoms with van der Waals surface area (Å²) in [6, 6.07) is 7.96. The molecule has 7 nitrogen and oxygen atoms in total. The zero-order chi connectivity index (χ0) is 20.3. The fraction of sp³-hybridized carbons (Fsp3) is 0.571. The van der Waals surface area contributed by atoms with Gasteiger partial charge in [0.2, 0.25) is 0 Å². The standard InChI is InChI=1S/C21H30N4O3/c1-14(2)16-7-9-17(10-8-16)15(3)22-13-18(26)24-25-19(27)21(23-20(25)28)11-5-4-6-12-21/h7-10,14-15,22H,4-6,11-13H2,1-3H3,(H,23,28)(H,24,26)/p+1/t15-/m1/s1. The molecule has 1 saturated carbocycles. The largest absolute Gasteiger partial charge is 0.344 e. The van der Waals surface area contributed by atoms with E-state index in [2.05, 4.69) is 48.9 Å². The summed E-state index contributed by atoms with van der Waals surface area (Å²) in [6.07, 6.45) is 4.17. The van der Waals surface area contributed by atoms with Gasteiger partial charge in [0.15, 0.2) is 6.54 Å². The Morgan fingerprint density at radius 2 is 1.71 bits per heavy atom. The van der Waals surface area contributed by atoms with Crippen LogP contribution in [0.25, 0.3) is 0 Å². The second kappa shape index (κ2) is 8.31. The van der Waals surface area contributed by atoms with E-state index >= 15 is 0 Å². The zero-order valence-electron chi connectivity index (χ0n) is 17.0. The predicted octanol–water partition coefficient (Wildman–Crippen LogP) is 1.72. The molecule has 1 aromatic carbocycles. The Bertz CT molecular complexity index is 739. The number of carbonyl (C=O) groups excluding carboxylic acids is 3. The van der Waals surface area contributed by atoms with Gasteiger partial charge < -0.3 is 10.6 Å². The maximum Gasteiger partial charge on any atom is 0.344 e. The molecule has 4 amide bonds. The van der Waals surface area contributed by atoms with Crippen LogP contribution >= 0.6 is 0 Å². The third kappa shape index (κ3) is 4.19. The molecule has 3 rings (SSSR count). The van der Waals surface area contributed by atoms with E-state index in [4.69, 9.17) is 0 Å². The van der Waals surface area contributed by atoms with Crippen molar-refractivity contribution in [3.8, 4) is 0 Å². The molecule has 1 aliphatic heterocycles. The van der Waals surface area contributed by atoms with Crippen molar-refractivity contribution in [2.24, 2.45) is 0 Å². The van der Waals surface area contributed by atoms with E-state index in [0.717, 1.165) is 29.8 Å². The number of rotatable bonds is 6. The molecule has 2 aliphatic rings. The topological polar surface area (TPSA) is 95.1 Å². The van der Waals surface area contributed by atoms with Gasteiger partial charge in [-0.2, -0.15) is 5.01 Å². The Labute approximate surface area is 166 Å². The lowest BCUT2D eigenvalue weighted by Crippen LogP contribution is -2.87.